The van der Waals surface area contributed by atoms with Gasteiger partial charge in [-0.1, -0.05) is 0 Å². The summed E-state index contributed by atoms with van der Waals surface area (Å²) in [5.41, 5.74) is 0. The van der Waals surface area contributed by atoms with Gasteiger partial charge in [0, 0.05) is 0 Å². The Hall–Kier alpha value is -0.271. The summed E-state index contributed by atoms with van der Waals surface area (Å²) in [5.74, 6) is 0. The Morgan fingerprint density at radius 2 is 1.62 bits per heavy atom. The van der Waals surface area contributed by atoms with Gasteiger partial charge in [-0.3, -0.25) is 0 Å². The normalized spacial score (nSPS) is 10.0. The Morgan fingerprint density at radius 1 is 1.25 bits per heavy atom. The van der Waals surface area contributed by atoms with Gasteiger partial charge in [0.1, 0.15) is 0 Å². The van der Waals surface area contributed by atoms with Crippen LogP contribution in [0.25, 0.3) is 0 Å². The molecule has 0 amide bonds. The molecular weight excluding hydrogens is 152 g/mol. The third-order valence-corrected chi connectivity index (χ3v) is 1.71. The molecule has 3 heteroatoms. The van der Waals surface area contributed by atoms with E-state index in [-0.39, 0.29) is 0 Å². The van der Waals surface area contributed by atoms with E-state index in [9.17, 15) is 0 Å². The number of hydrogen-bond donors (Lipinski definition) is 0. The number of aromatic nitrogens is 2. The maximum absolute atomic E-state index is 5.10. The zero-order valence-corrected chi connectivity index (χ0v) is 5.79. The first-order chi connectivity index (χ1) is 3.72. The monoisotopic (exact) mass is 159 g/mol. The Morgan fingerprint density at radius 3 is 1.75 bits per heavy atom. The van der Waals surface area contributed by atoms with Crippen LogP contribution in [0.1, 0.15) is 0 Å². The van der Waals surface area contributed by atoms with Crippen LogP contribution in [-0.4, -0.2) is 9.13 Å². The molecular formula is C5H8CuN2. The molecule has 0 radical (unpaired) electrons. The van der Waals surface area contributed by atoms with E-state index in [1.165, 1.54) is 0 Å². The van der Waals surface area contributed by atoms with E-state index in [1.807, 2.05) is 35.6 Å². The molecule has 0 aromatic carbocycles. The molecule has 2 nitrogen and oxygen atoms in total. The van der Waals surface area contributed by atoms with Crippen molar-refractivity contribution >= 4 is 0 Å². The van der Waals surface area contributed by atoms with Gasteiger partial charge in [-0.05, 0) is 0 Å². The van der Waals surface area contributed by atoms with Crippen LogP contribution in [0.3, 0.4) is 0 Å². The van der Waals surface area contributed by atoms with Gasteiger partial charge >= 0.3 is 55.5 Å². The fourth-order valence-corrected chi connectivity index (χ4v) is 0.701. The third-order valence-electron chi connectivity index (χ3n) is 1.04. The van der Waals surface area contributed by atoms with Gasteiger partial charge in [0.2, 0.25) is 0 Å². The summed E-state index contributed by atoms with van der Waals surface area (Å²) in [6.07, 6.45) is 3.86. The minimum absolute atomic E-state index is 0.831. The van der Waals surface area contributed by atoms with Crippen LogP contribution >= 0.6 is 0 Å². The summed E-state index contributed by atoms with van der Waals surface area (Å²) in [6, 6.07) is 0. The van der Waals surface area contributed by atoms with Gasteiger partial charge in [-0.15, -0.1) is 0 Å². The van der Waals surface area contributed by atoms with E-state index >= 15 is 0 Å². The van der Waals surface area contributed by atoms with Crippen LogP contribution in [0.15, 0.2) is 12.4 Å². The van der Waals surface area contributed by atoms with Crippen LogP contribution in [-0.2, 0) is 29.7 Å². The third kappa shape index (κ3) is 0.791. The van der Waals surface area contributed by atoms with Crippen LogP contribution in [0.2, 0.25) is 0 Å². The fourth-order valence-electron chi connectivity index (χ4n) is 0.560. The molecule has 0 atom stereocenters. The van der Waals surface area contributed by atoms with Crippen LogP contribution in [0.4, 0.5) is 0 Å². The van der Waals surface area contributed by atoms with Crippen molar-refractivity contribution in [1.29, 1.82) is 0 Å². The van der Waals surface area contributed by atoms with Crippen molar-refractivity contribution in [3.8, 4) is 0 Å². The topological polar surface area (TPSA) is 9.86 Å². The number of rotatable bonds is 0. The van der Waals surface area contributed by atoms with E-state index in [0.717, 1.165) is 4.32 Å². The maximum atomic E-state index is 5.10. The van der Waals surface area contributed by atoms with Crippen LogP contribution in [0.5, 0.6) is 0 Å². The van der Waals surface area contributed by atoms with Crippen LogP contribution in [0, 0.1) is 4.32 Å². The van der Waals surface area contributed by atoms with Crippen molar-refractivity contribution in [2.24, 2.45) is 14.1 Å². The summed E-state index contributed by atoms with van der Waals surface area (Å²) >= 11 is 5.10. The molecule has 0 spiro atoms. The van der Waals surface area contributed by atoms with Crippen molar-refractivity contribution in [3.05, 3.63) is 16.7 Å². The molecule has 0 unspecified atom stereocenters. The number of hydrogen-bond acceptors (Lipinski definition) is 0. The molecule has 0 N–H and O–H groups in total. The molecule has 1 rings (SSSR count). The van der Waals surface area contributed by atoms with E-state index in [4.69, 9.17) is 15.6 Å². The van der Waals surface area contributed by atoms with Crippen molar-refractivity contribution < 1.29 is 15.6 Å². The predicted octanol–water partition coefficient (Wildman–Crippen LogP) is 0.442. The first-order valence-electron chi connectivity index (χ1n) is 2.34. The molecule has 0 bridgehead atoms. The zero-order valence-electron chi connectivity index (χ0n) is 4.85. The van der Waals surface area contributed by atoms with Gasteiger partial charge < -0.3 is 0 Å². The van der Waals surface area contributed by atoms with E-state index in [1.54, 1.807) is 0 Å². The Kier molecular flexibility index (Phi) is 1.41. The standard InChI is InChI=1S/C5H8N2.Cu/c1-6-3-4-7(2)5-6;/h3-4H,1-2H3;. The molecule has 0 aliphatic heterocycles. The molecule has 49 valence electrons. The number of aryl methyl sites for hydroxylation is 2. The minimum atomic E-state index is 0.831. The van der Waals surface area contributed by atoms with Gasteiger partial charge in [0.15, 0.2) is 0 Å². The molecule has 0 saturated carbocycles. The van der Waals surface area contributed by atoms with Gasteiger partial charge in [-0.2, -0.15) is 0 Å². The van der Waals surface area contributed by atoms with Crippen LogP contribution < -0.4 is 0 Å². The summed E-state index contributed by atoms with van der Waals surface area (Å²) in [4.78, 5) is 0. The van der Waals surface area contributed by atoms with Crippen molar-refractivity contribution in [2.45, 2.75) is 0 Å². The summed E-state index contributed by atoms with van der Waals surface area (Å²) in [5, 5.41) is 0. The molecule has 0 saturated heterocycles. The Labute approximate surface area is 56.1 Å². The summed E-state index contributed by atoms with van der Waals surface area (Å²) < 4.78 is 4.61. The summed E-state index contributed by atoms with van der Waals surface area (Å²) in [6.45, 7) is 0. The number of nitrogens with zero attached hydrogens (tertiary/aromatic N) is 2. The Bertz CT molecular complexity index is 210. The molecule has 0 aliphatic rings. The second kappa shape index (κ2) is 1.92. The van der Waals surface area contributed by atoms with E-state index in [0.29, 0.717) is 0 Å². The molecule has 0 fully saturated rings. The first kappa shape index (κ1) is 5.86. The summed E-state index contributed by atoms with van der Waals surface area (Å²) in [7, 11) is 3.86. The molecule has 1 heterocycles. The van der Waals surface area contributed by atoms with E-state index in [2.05, 4.69) is 0 Å². The van der Waals surface area contributed by atoms with E-state index < -0.39 is 0 Å². The molecule has 1 aromatic rings. The predicted molar refractivity (Wildman–Crippen MR) is 27.6 cm³/mol. The zero-order chi connectivity index (χ0) is 6.15. The molecule has 8 heavy (non-hydrogen) atoms. The SMILES string of the molecule is Cn1ccn(C)[c]1=[Cu]. The second-order valence-electron chi connectivity index (χ2n) is 1.75. The Balaban J connectivity index is 3.42. The fraction of sp³-hybridized carbons (Fsp3) is 0.400. The van der Waals surface area contributed by atoms with Crippen molar-refractivity contribution in [1.82, 2.24) is 9.13 Å². The second-order valence-corrected chi connectivity index (χ2v) is 2.18. The first-order valence-corrected chi connectivity index (χ1v) is 2.81. The van der Waals surface area contributed by atoms with Crippen molar-refractivity contribution in [2.75, 3.05) is 0 Å². The van der Waals surface area contributed by atoms with Gasteiger partial charge in [0.05, 0.1) is 0 Å². The molecule has 1 aromatic heterocycles. The average molecular weight is 160 g/mol. The van der Waals surface area contributed by atoms with Gasteiger partial charge in [-0.25, -0.2) is 0 Å². The van der Waals surface area contributed by atoms with Crippen molar-refractivity contribution in [3.63, 3.8) is 0 Å². The number of imidazole rings is 1. The van der Waals surface area contributed by atoms with Gasteiger partial charge in [0.25, 0.3) is 0 Å². The quantitative estimate of drug-likeness (QED) is 0.487. The average Bonchev–Trinajstić information content (AvgIpc) is 1.98. The molecule has 0 aliphatic carbocycles.